The van der Waals surface area contributed by atoms with Crippen LogP contribution in [-0.2, 0) is 33.2 Å². The SMILES string of the molecule is CCCCCCCCCCCCC/C=C/C(O)C(COC1OC(CO)C(OC2OC(CO)C(OC3OC(CO)C(O)C(O)C3O)C(O)C2O)C(O)C1O)NC(=O)CCCCCCCCCCCCCCCCC. The minimum atomic E-state index is -1.97. The van der Waals surface area contributed by atoms with Crippen molar-refractivity contribution in [3.05, 3.63) is 12.2 Å². The molecule has 0 spiro atoms. The predicted octanol–water partition coefficient (Wildman–Crippen LogP) is 3.82. The van der Waals surface area contributed by atoms with Crippen molar-refractivity contribution in [1.29, 1.82) is 0 Å². The van der Waals surface area contributed by atoms with Gasteiger partial charge in [0.15, 0.2) is 18.9 Å². The molecule has 19 heteroatoms. The van der Waals surface area contributed by atoms with Gasteiger partial charge in [0.25, 0.3) is 0 Å². The van der Waals surface area contributed by atoms with E-state index < -0.39 is 124 Å². The van der Waals surface area contributed by atoms with Crippen LogP contribution in [0.4, 0.5) is 0 Å². The molecule has 73 heavy (non-hydrogen) atoms. The van der Waals surface area contributed by atoms with Crippen LogP contribution in [0, 0.1) is 0 Å². The summed E-state index contributed by atoms with van der Waals surface area (Å²) in [6.45, 7) is 1.71. The van der Waals surface area contributed by atoms with E-state index >= 15 is 0 Å². The van der Waals surface area contributed by atoms with Crippen molar-refractivity contribution < 1.29 is 89.4 Å². The van der Waals surface area contributed by atoms with E-state index in [1.54, 1.807) is 6.08 Å². The number of carbonyl (C=O) groups excluding carboxylic acids is 1. The number of hydrogen-bond acceptors (Lipinski definition) is 18. The first-order valence-electron chi connectivity index (χ1n) is 28.4. The average molecular weight is 1050 g/mol. The van der Waals surface area contributed by atoms with E-state index in [1.807, 2.05) is 6.08 Å². The van der Waals surface area contributed by atoms with Gasteiger partial charge in [0.05, 0.1) is 38.6 Å². The van der Waals surface area contributed by atoms with Crippen LogP contribution in [0.2, 0.25) is 0 Å². The quantitative estimate of drug-likeness (QED) is 0.0306. The zero-order valence-corrected chi connectivity index (χ0v) is 44.4. The summed E-state index contributed by atoms with van der Waals surface area (Å²) < 4.78 is 34.2. The molecule has 0 saturated carbocycles. The second-order valence-electron chi connectivity index (χ2n) is 20.8. The fraction of sp³-hybridized carbons (Fsp3) is 0.944. The number of ether oxygens (including phenoxy) is 6. The highest BCUT2D eigenvalue weighted by atomic mass is 16.8. The molecule has 3 rings (SSSR count). The largest absolute Gasteiger partial charge is 0.394 e. The van der Waals surface area contributed by atoms with E-state index in [-0.39, 0.29) is 18.9 Å². The second-order valence-corrected chi connectivity index (χ2v) is 20.8. The van der Waals surface area contributed by atoms with Crippen LogP contribution in [0.15, 0.2) is 12.2 Å². The maximum absolute atomic E-state index is 13.3. The van der Waals surface area contributed by atoms with Crippen molar-refractivity contribution in [3.8, 4) is 0 Å². The first-order valence-corrected chi connectivity index (χ1v) is 28.4. The topological polar surface area (TPSA) is 307 Å². The Morgan fingerprint density at radius 1 is 0.479 bits per heavy atom. The standard InChI is InChI=1S/C54H101NO18/c1-3-5-7-9-11-13-15-17-18-20-22-24-26-28-30-32-42(60)55-37(38(59)31-29-27-25-23-21-19-16-14-12-10-8-6-4-2)36-68-52-48(66)45(63)50(40(34-57)70-52)73-54-49(67)46(64)51(41(35-58)71-54)72-53-47(65)44(62)43(61)39(33-56)69-53/h29,31,37-41,43-54,56-59,61-67H,3-28,30,32-36H2,1-2H3,(H,55,60)/b31-29+. The zero-order chi connectivity index (χ0) is 53.4. The molecule has 19 nitrogen and oxygen atoms in total. The fourth-order valence-electron chi connectivity index (χ4n) is 9.84. The Labute approximate surface area is 436 Å². The van der Waals surface area contributed by atoms with Gasteiger partial charge in [-0.15, -0.1) is 0 Å². The molecule has 3 fully saturated rings. The molecule has 0 radical (unpaired) electrons. The minimum Gasteiger partial charge on any atom is -0.394 e. The number of amides is 1. The highest BCUT2D eigenvalue weighted by molar-refractivity contribution is 5.76. The molecular formula is C54H101NO18. The summed E-state index contributed by atoms with van der Waals surface area (Å²) in [5, 5.41) is 120. The molecule has 430 valence electrons. The maximum Gasteiger partial charge on any atom is 0.220 e. The third-order valence-corrected chi connectivity index (χ3v) is 14.6. The lowest BCUT2D eigenvalue weighted by Crippen LogP contribution is -2.66. The molecule has 3 aliphatic heterocycles. The van der Waals surface area contributed by atoms with E-state index in [0.717, 1.165) is 44.9 Å². The van der Waals surface area contributed by atoms with Crippen LogP contribution < -0.4 is 5.32 Å². The summed E-state index contributed by atoms with van der Waals surface area (Å²) in [5.41, 5.74) is 0. The Morgan fingerprint density at radius 2 is 0.849 bits per heavy atom. The molecular weight excluding hydrogens is 951 g/mol. The van der Waals surface area contributed by atoms with Crippen molar-refractivity contribution in [3.63, 3.8) is 0 Å². The highest BCUT2D eigenvalue weighted by Crippen LogP contribution is 2.33. The molecule has 0 aromatic heterocycles. The normalized spacial score (nSPS) is 31.8. The van der Waals surface area contributed by atoms with E-state index in [9.17, 15) is 61.0 Å². The van der Waals surface area contributed by atoms with Gasteiger partial charge in [-0.25, -0.2) is 0 Å². The van der Waals surface area contributed by atoms with Gasteiger partial charge in [0, 0.05) is 6.42 Å². The van der Waals surface area contributed by atoms with Crippen LogP contribution >= 0.6 is 0 Å². The van der Waals surface area contributed by atoms with Gasteiger partial charge >= 0.3 is 0 Å². The van der Waals surface area contributed by atoms with Crippen molar-refractivity contribution >= 4 is 5.91 Å². The Kier molecular flexibility index (Phi) is 35.1. The van der Waals surface area contributed by atoms with E-state index in [1.165, 1.54) is 122 Å². The summed E-state index contributed by atoms with van der Waals surface area (Å²) in [6, 6.07) is -0.965. The lowest BCUT2D eigenvalue weighted by atomic mass is 9.96. The molecule has 0 aromatic carbocycles. The number of aliphatic hydroxyl groups is 11. The first kappa shape index (κ1) is 65.8. The van der Waals surface area contributed by atoms with Crippen LogP contribution in [0.25, 0.3) is 0 Å². The third kappa shape index (κ3) is 24.0. The van der Waals surface area contributed by atoms with Crippen LogP contribution in [0.5, 0.6) is 0 Å². The number of allylic oxidation sites excluding steroid dienone is 1. The Balaban J connectivity index is 1.53. The molecule has 0 aromatic rings. The maximum atomic E-state index is 13.3. The number of nitrogens with one attached hydrogen (secondary N) is 1. The lowest BCUT2D eigenvalue weighted by molar-refractivity contribution is -0.379. The molecule has 0 bridgehead atoms. The zero-order valence-electron chi connectivity index (χ0n) is 44.4. The predicted molar refractivity (Wildman–Crippen MR) is 273 cm³/mol. The Morgan fingerprint density at radius 3 is 1.29 bits per heavy atom. The summed E-state index contributed by atoms with van der Waals surface area (Å²) in [7, 11) is 0. The van der Waals surface area contributed by atoms with Crippen LogP contribution in [-0.4, -0.2) is 193 Å². The molecule has 3 saturated heterocycles. The van der Waals surface area contributed by atoms with Gasteiger partial charge in [-0.2, -0.15) is 0 Å². The molecule has 3 aliphatic rings. The van der Waals surface area contributed by atoms with E-state index in [4.69, 9.17) is 28.4 Å². The second kappa shape index (κ2) is 39.0. The lowest BCUT2D eigenvalue weighted by Gasteiger charge is -2.48. The molecule has 17 unspecified atom stereocenters. The number of hydrogen-bond donors (Lipinski definition) is 12. The molecule has 12 N–H and O–H groups in total. The third-order valence-electron chi connectivity index (χ3n) is 14.6. The molecule has 0 aliphatic carbocycles. The van der Waals surface area contributed by atoms with Gasteiger partial charge in [-0.05, 0) is 19.3 Å². The van der Waals surface area contributed by atoms with Crippen molar-refractivity contribution in [2.24, 2.45) is 0 Å². The minimum absolute atomic E-state index is 0.248. The van der Waals surface area contributed by atoms with Crippen molar-refractivity contribution in [1.82, 2.24) is 5.32 Å². The summed E-state index contributed by atoms with van der Waals surface area (Å²) in [4.78, 5) is 13.3. The summed E-state index contributed by atoms with van der Waals surface area (Å²) in [6.07, 6.45) is 9.11. The Bertz CT molecular complexity index is 1400. The number of rotatable bonds is 41. The molecule has 17 atom stereocenters. The van der Waals surface area contributed by atoms with Gasteiger partial charge in [-0.1, -0.05) is 180 Å². The fourth-order valence-corrected chi connectivity index (χ4v) is 9.84. The van der Waals surface area contributed by atoms with Gasteiger partial charge in [0.2, 0.25) is 5.91 Å². The van der Waals surface area contributed by atoms with E-state index in [0.29, 0.717) is 6.42 Å². The summed E-state index contributed by atoms with van der Waals surface area (Å²) >= 11 is 0. The van der Waals surface area contributed by atoms with Crippen LogP contribution in [0.1, 0.15) is 194 Å². The molecule has 3 heterocycles. The van der Waals surface area contributed by atoms with Gasteiger partial charge < -0.3 is 89.9 Å². The van der Waals surface area contributed by atoms with Crippen molar-refractivity contribution in [2.45, 2.75) is 298 Å². The number of unbranched alkanes of at least 4 members (excludes halogenated alkanes) is 25. The van der Waals surface area contributed by atoms with Gasteiger partial charge in [0.1, 0.15) is 73.2 Å². The Hall–Kier alpha value is -1.47. The number of carbonyl (C=O) groups is 1. The van der Waals surface area contributed by atoms with Crippen LogP contribution in [0.3, 0.4) is 0 Å². The van der Waals surface area contributed by atoms with Gasteiger partial charge in [-0.3, -0.25) is 4.79 Å². The summed E-state index contributed by atoms with van der Waals surface area (Å²) in [5.74, 6) is -0.275. The average Bonchev–Trinajstić information content (AvgIpc) is 3.39. The first-order chi connectivity index (χ1) is 35.3. The smallest absolute Gasteiger partial charge is 0.220 e. The van der Waals surface area contributed by atoms with Crippen molar-refractivity contribution in [2.75, 3.05) is 26.4 Å². The highest BCUT2D eigenvalue weighted by Gasteiger charge is 2.53. The monoisotopic (exact) mass is 1050 g/mol. The number of aliphatic hydroxyl groups excluding tert-OH is 11. The van der Waals surface area contributed by atoms with E-state index in [2.05, 4.69) is 19.2 Å². The molecule has 1 amide bonds.